The number of aliphatic hydroxyl groups excluding tert-OH is 2. The van der Waals surface area contributed by atoms with E-state index in [4.69, 9.17) is 4.74 Å². The first-order valence-corrected chi connectivity index (χ1v) is 36.8. The Balaban J connectivity index is 3.38. The van der Waals surface area contributed by atoms with Gasteiger partial charge in [0.1, 0.15) is 0 Å². The molecule has 0 rings (SSSR count). The Morgan fingerprint density at radius 3 is 0.963 bits per heavy atom. The van der Waals surface area contributed by atoms with Crippen molar-refractivity contribution in [2.24, 2.45) is 0 Å². The second kappa shape index (κ2) is 70.6. The molecule has 1 amide bonds. The van der Waals surface area contributed by atoms with Crippen molar-refractivity contribution in [2.75, 3.05) is 13.2 Å². The number of hydrogen-bond donors (Lipinski definition) is 3. The Hall–Kier alpha value is -1.92. The topological polar surface area (TPSA) is 95.9 Å². The summed E-state index contributed by atoms with van der Waals surface area (Å²) in [5.74, 6) is -0.0521. The van der Waals surface area contributed by atoms with Gasteiger partial charge in [-0.1, -0.05) is 365 Å². The fourth-order valence-corrected chi connectivity index (χ4v) is 11.6. The maximum atomic E-state index is 12.5. The Bertz CT molecular complexity index is 1310. The van der Waals surface area contributed by atoms with Crippen LogP contribution < -0.4 is 5.32 Å². The van der Waals surface area contributed by atoms with E-state index in [1.54, 1.807) is 6.08 Å². The fourth-order valence-electron chi connectivity index (χ4n) is 11.6. The molecule has 2 unspecified atom stereocenters. The van der Waals surface area contributed by atoms with Crippen molar-refractivity contribution in [2.45, 2.75) is 418 Å². The van der Waals surface area contributed by atoms with E-state index >= 15 is 0 Å². The highest BCUT2D eigenvalue weighted by molar-refractivity contribution is 5.76. The van der Waals surface area contributed by atoms with Gasteiger partial charge in [-0.3, -0.25) is 9.59 Å². The Morgan fingerprint density at radius 2 is 0.617 bits per heavy atom. The minimum atomic E-state index is -0.844. The molecular weight excluding hydrogens is 995 g/mol. The van der Waals surface area contributed by atoms with Crippen LogP contribution in [0.2, 0.25) is 0 Å². The lowest BCUT2D eigenvalue weighted by Crippen LogP contribution is -2.45. The SMILES string of the molecule is CCCCC/C=C\C/C=C\CCCCCCCCCC(=O)OCCCCCCCCCCCCCCCCCCCCCCCCCCCCC(=O)NC(CO)C(O)/C=C/CCCCCCCCCCCCCCCCCCCCC. The summed E-state index contributed by atoms with van der Waals surface area (Å²) >= 11 is 0. The van der Waals surface area contributed by atoms with Crippen LogP contribution in [0.15, 0.2) is 36.5 Å². The largest absolute Gasteiger partial charge is 0.466 e. The van der Waals surface area contributed by atoms with Gasteiger partial charge in [0, 0.05) is 12.8 Å². The number of amides is 1. The maximum absolute atomic E-state index is 12.5. The van der Waals surface area contributed by atoms with E-state index in [1.165, 1.54) is 327 Å². The van der Waals surface area contributed by atoms with Crippen molar-refractivity contribution < 1.29 is 24.5 Å². The van der Waals surface area contributed by atoms with Crippen LogP contribution in [-0.4, -0.2) is 47.4 Å². The van der Waals surface area contributed by atoms with Crippen molar-refractivity contribution in [3.05, 3.63) is 36.5 Å². The molecule has 0 aliphatic heterocycles. The number of rotatable bonds is 69. The predicted molar refractivity (Wildman–Crippen MR) is 356 cm³/mol. The normalized spacial score (nSPS) is 12.7. The van der Waals surface area contributed by atoms with Gasteiger partial charge in [0.05, 0.1) is 25.4 Å². The molecule has 0 fully saturated rings. The molecule has 0 aromatic rings. The summed E-state index contributed by atoms with van der Waals surface area (Å²) in [5.41, 5.74) is 0. The van der Waals surface area contributed by atoms with E-state index in [0.29, 0.717) is 19.4 Å². The second-order valence-electron chi connectivity index (χ2n) is 25.3. The molecule has 0 heterocycles. The standard InChI is InChI=1S/C75H143NO5/c1-3-5-7-9-11-13-15-17-19-21-22-29-32-36-39-43-47-51-55-59-63-67-73(78)72(71-77)76-74(79)68-64-60-56-52-48-44-40-37-33-30-27-25-23-24-26-28-31-34-38-42-46-50-54-58-62-66-70-81-75(80)69-65-61-57-53-49-45-41-35-20-18-16-14-12-10-8-6-4-2/h12,14,18,20,63,67,72-73,77-78H,3-11,13,15-17,19,21-62,64-66,68-71H2,1-2H3,(H,76,79)/b14-12-,20-18-,67-63+. The van der Waals surface area contributed by atoms with Crippen molar-refractivity contribution in [1.29, 1.82) is 0 Å². The Labute approximate surface area is 506 Å². The Morgan fingerprint density at radius 1 is 0.346 bits per heavy atom. The maximum Gasteiger partial charge on any atom is 0.305 e. The van der Waals surface area contributed by atoms with Crippen LogP contribution in [-0.2, 0) is 14.3 Å². The summed E-state index contributed by atoms with van der Waals surface area (Å²) in [6.07, 6.45) is 90.9. The predicted octanol–water partition coefficient (Wildman–Crippen LogP) is 23.9. The molecule has 0 spiro atoms. The number of allylic oxidation sites excluding steroid dienone is 5. The monoisotopic (exact) mass is 1140 g/mol. The molecular formula is C75H143NO5. The molecule has 0 aromatic heterocycles. The number of carbonyl (C=O) groups is 2. The van der Waals surface area contributed by atoms with Crippen LogP contribution in [0.25, 0.3) is 0 Å². The van der Waals surface area contributed by atoms with Gasteiger partial charge in [0.15, 0.2) is 0 Å². The van der Waals surface area contributed by atoms with Crippen LogP contribution in [0, 0.1) is 0 Å². The van der Waals surface area contributed by atoms with Gasteiger partial charge in [-0.25, -0.2) is 0 Å². The molecule has 0 aromatic carbocycles. The van der Waals surface area contributed by atoms with E-state index in [1.807, 2.05) is 6.08 Å². The van der Waals surface area contributed by atoms with Gasteiger partial charge >= 0.3 is 5.97 Å². The molecule has 0 bridgehead atoms. The molecule has 0 aliphatic rings. The fraction of sp³-hybridized carbons (Fsp3) is 0.893. The molecule has 0 saturated heterocycles. The van der Waals surface area contributed by atoms with Gasteiger partial charge in [0.25, 0.3) is 0 Å². The minimum Gasteiger partial charge on any atom is -0.466 e. The number of nitrogens with one attached hydrogen (secondary N) is 1. The van der Waals surface area contributed by atoms with E-state index in [-0.39, 0.29) is 18.5 Å². The van der Waals surface area contributed by atoms with Gasteiger partial charge in [0.2, 0.25) is 5.91 Å². The van der Waals surface area contributed by atoms with E-state index in [0.717, 1.165) is 51.4 Å². The van der Waals surface area contributed by atoms with Gasteiger partial charge in [-0.15, -0.1) is 0 Å². The second-order valence-corrected chi connectivity index (χ2v) is 25.3. The molecule has 6 nitrogen and oxygen atoms in total. The zero-order valence-electron chi connectivity index (χ0n) is 54.8. The molecule has 81 heavy (non-hydrogen) atoms. The lowest BCUT2D eigenvalue weighted by atomic mass is 10.0. The van der Waals surface area contributed by atoms with Gasteiger partial charge in [-0.05, 0) is 64.2 Å². The number of aliphatic hydroxyl groups is 2. The Kier molecular flexibility index (Phi) is 68.9. The van der Waals surface area contributed by atoms with E-state index in [9.17, 15) is 19.8 Å². The first-order chi connectivity index (χ1) is 40.0. The van der Waals surface area contributed by atoms with Crippen molar-refractivity contribution in [3.8, 4) is 0 Å². The molecule has 0 radical (unpaired) electrons. The quantitative estimate of drug-likeness (QED) is 0.0320. The number of esters is 1. The highest BCUT2D eigenvalue weighted by Gasteiger charge is 2.18. The zero-order chi connectivity index (χ0) is 58.5. The lowest BCUT2D eigenvalue weighted by molar-refractivity contribution is -0.143. The van der Waals surface area contributed by atoms with Gasteiger partial charge in [-0.2, -0.15) is 0 Å². The third-order valence-corrected chi connectivity index (χ3v) is 17.2. The summed E-state index contributed by atoms with van der Waals surface area (Å²) in [4.78, 5) is 24.6. The number of carbonyl (C=O) groups excluding carboxylic acids is 2. The van der Waals surface area contributed by atoms with Crippen LogP contribution in [0.3, 0.4) is 0 Å². The summed E-state index contributed by atoms with van der Waals surface area (Å²) in [6.45, 7) is 4.92. The average molecular weight is 1140 g/mol. The molecule has 0 saturated carbocycles. The van der Waals surface area contributed by atoms with Crippen molar-refractivity contribution in [3.63, 3.8) is 0 Å². The smallest absolute Gasteiger partial charge is 0.305 e. The summed E-state index contributed by atoms with van der Waals surface area (Å²) in [7, 11) is 0. The molecule has 2 atom stereocenters. The first kappa shape index (κ1) is 79.1. The van der Waals surface area contributed by atoms with Crippen LogP contribution >= 0.6 is 0 Å². The first-order valence-electron chi connectivity index (χ1n) is 36.8. The third-order valence-electron chi connectivity index (χ3n) is 17.2. The molecule has 3 N–H and O–H groups in total. The van der Waals surface area contributed by atoms with Crippen LogP contribution in [0.4, 0.5) is 0 Å². The van der Waals surface area contributed by atoms with Crippen molar-refractivity contribution in [1.82, 2.24) is 5.32 Å². The number of ether oxygens (including phenoxy) is 1. The molecule has 6 heteroatoms. The average Bonchev–Trinajstić information content (AvgIpc) is 3.47. The highest BCUT2D eigenvalue weighted by Crippen LogP contribution is 2.19. The lowest BCUT2D eigenvalue weighted by Gasteiger charge is -2.20. The van der Waals surface area contributed by atoms with Crippen LogP contribution in [0.5, 0.6) is 0 Å². The van der Waals surface area contributed by atoms with Gasteiger partial charge < -0.3 is 20.3 Å². The molecule has 478 valence electrons. The third kappa shape index (κ3) is 67.1. The summed E-state index contributed by atoms with van der Waals surface area (Å²) in [6, 6.07) is -0.627. The zero-order valence-corrected chi connectivity index (χ0v) is 54.8. The van der Waals surface area contributed by atoms with Crippen molar-refractivity contribution >= 4 is 11.9 Å². The molecule has 0 aliphatic carbocycles. The summed E-state index contributed by atoms with van der Waals surface area (Å²) in [5, 5.41) is 23.3. The van der Waals surface area contributed by atoms with E-state index in [2.05, 4.69) is 43.5 Å². The van der Waals surface area contributed by atoms with E-state index < -0.39 is 12.1 Å². The number of hydrogen-bond acceptors (Lipinski definition) is 5. The summed E-state index contributed by atoms with van der Waals surface area (Å²) < 4.78 is 5.50. The number of unbranched alkanes of at least 4 members (excludes halogenated alkanes) is 54. The van der Waals surface area contributed by atoms with Crippen LogP contribution in [0.1, 0.15) is 406 Å². The minimum absolute atomic E-state index is 0.00972. The highest BCUT2D eigenvalue weighted by atomic mass is 16.5.